The number of hydrogen-bond donors (Lipinski definition) is 3. The molecule has 3 atom stereocenters. The summed E-state index contributed by atoms with van der Waals surface area (Å²) < 4.78 is 10.5. The van der Waals surface area contributed by atoms with Gasteiger partial charge in [-0.25, -0.2) is 0 Å². The molecule has 1 aromatic rings. The van der Waals surface area contributed by atoms with Crippen molar-refractivity contribution in [1.82, 2.24) is 5.32 Å². The van der Waals surface area contributed by atoms with Gasteiger partial charge in [0.1, 0.15) is 6.10 Å². The molecule has 0 aliphatic heterocycles. The zero-order chi connectivity index (χ0) is 21.6. The fraction of sp³-hybridized carbons (Fsp3) is 0.600. The van der Waals surface area contributed by atoms with Gasteiger partial charge in [0.25, 0.3) is 5.91 Å². The molecule has 0 fully saturated rings. The quantitative estimate of drug-likeness (QED) is 0.328. The fourth-order valence-corrected chi connectivity index (χ4v) is 3.18. The second-order valence-electron chi connectivity index (χ2n) is 6.80. The number of rotatable bonds is 15. The number of carbonyl (C=O) groups excluding carboxylic acids is 2. The number of thioether (sulfide) groups is 1. The molecule has 0 heterocycles. The largest absolute Gasteiger partial charge is 0.548 e. The molecular formula is C20H30NO7S-. The summed E-state index contributed by atoms with van der Waals surface area (Å²) in [5, 5.41) is 33.3. The van der Waals surface area contributed by atoms with Crippen LogP contribution >= 0.6 is 11.8 Å². The summed E-state index contributed by atoms with van der Waals surface area (Å²) in [4.78, 5) is 23.3. The third-order valence-electron chi connectivity index (χ3n) is 3.73. The van der Waals surface area contributed by atoms with Crippen molar-refractivity contribution in [2.75, 3.05) is 31.3 Å². The zero-order valence-electron chi connectivity index (χ0n) is 16.8. The molecule has 0 saturated heterocycles. The topological polar surface area (TPSA) is 128 Å². The van der Waals surface area contributed by atoms with E-state index in [0.29, 0.717) is 17.1 Å². The number of nitrogens with one attached hydrogen (secondary N) is 1. The van der Waals surface area contributed by atoms with E-state index in [0.717, 1.165) is 0 Å². The molecule has 0 aliphatic carbocycles. The van der Waals surface area contributed by atoms with Crippen LogP contribution in [0.2, 0.25) is 0 Å². The number of aliphatic carboxylic acids is 1. The standard InChI is InChI=1S/C20H31NO7S/c1-14(2)28-12-16(22)10-27-11-17(23)13-29-9-8-18(20(25)26)21-19(24)15-6-4-3-5-7-15/h3-7,14,16-18,22-23H,8-13H2,1-2H3,(H,21,24)(H,25,26)/p-1. The van der Waals surface area contributed by atoms with E-state index in [9.17, 15) is 24.9 Å². The summed E-state index contributed by atoms with van der Waals surface area (Å²) >= 11 is 1.34. The van der Waals surface area contributed by atoms with Gasteiger partial charge in [-0.15, -0.1) is 0 Å². The molecule has 9 heteroatoms. The normalized spacial score (nSPS) is 14.4. The number of carboxylic acid groups (broad SMARTS) is 1. The summed E-state index contributed by atoms with van der Waals surface area (Å²) in [6.07, 6.45) is -1.31. The number of hydrogen-bond acceptors (Lipinski definition) is 8. The molecule has 1 rings (SSSR count). The SMILES string of the molecule is CC(C)OCC(O)COCC(O)CSCCC(NC(=O)c1ccccc1)C(=O)[O-]. The van der Waals surface area contributed by atoms with E-state index >= 15 is 0 Å². The first-order valence-electron chi connectivity index (χ1n) is 9.49. The number of aliphatic hydroxyl groups is 2. The number of carboxylic acids is 1. The fourth-order valence-electron chi connectivity index (χ4n) is 2.24. The summed E-state index contributed by atoms with van der Waals surface area (Å²) in [6.45, 7) is 4.02. The van der Waals surface area contributed by atoms with Crippen molar-refractivity contribution in [2.45, 2.75) is 44.6 Å². The average molecular weight is 429 g/mol. The van der Waals surface area contributed by atoms with E-state index in [4.69, 9.17) is 9.47 Å². The summed E-state index contributed by atoms with van der Waals surface area (Å²) in [5.74, 6) is -1.07. The summed E-state index contributed by atoms with van der Waals surface area (Å²) in [5.41, 5.74) is 0.375. The maximum absolute atomic E-state index is 12.1. The third kappa shape index (κ3) is 11.8. The lowest BCUT2D eigenvalue weighted by molar-refractivity contribution is -0.308. The minimum Gasteiger partial charge on any atom is -0.548 e. The van der Waals surface area contributed by atoms with Crippen LogP contribution < -0.4 is 10.4 Å². The minimum atomic E-state index is -1.35. The Kier molecular flexibility index (Phi) is 12.6. The molecule has 1 aromatic carbocycles. The van der Waals surface area contributed by atoms with Crippen molar-refractivity contribution in [3.8, 4) is 0 Å². The van der Waals surface area contributed by atoms with Crippen LogP contribution in [0.5, 0.6) is 0 Å². The molecule has 3 unspecified atom stereocenters. The Morgan fingerprint density at radius 2 is 1.76 bits per heavy atom. The van der Waals surface area contributed by atoms with Gasteiger partial charge in [0, 0.05) is 11.3 Å². The van der Waals surface area contributed by atoms with Crippen LogP contribution in [0.25, 0.3) is 0 Å². The van der Waals surface area contributed by atoms with Gasteiger partial charge in [-0.1, -0.05) is 18.2 Å². The van der Waals surface area contributed by atoms with E-state index in [1.807, 2.05) is 13.8 Å². The molecule has 0 aromatic heterocycles. The van der Waals surface area contributed by atoms with Crippen LogP contribution in [0.4, 0.5) is 0 Å². The average Bonchev–Trinajstić information content (AvgIpc) is 2.69. The minimum absolute atomic E-state index is 0.0222. The highest BCUT2D eigenvalue weighted by Gasteiger charge is 2.15. The van der Waals surface area contributed by atoms with Gasteiger partial charge < -0.3 is 34.9 Å². The Balaban J connectivity index is 2.21. The molecule has 0 aliphatic rings. The molecule has 29 heavy (non-hydrogen) atoms. The highest BCUT2D eigenvalue weighted by atomic mass is 32.2. The van der Waals surface area contributed by atoms with Gasteiger partial charge in [-0.3, -0.25) is 4.79 Å². The number of ether oxygens (including phenoxy) is 2. The number of aliphatic hydroxyl groups excluding tert-OH is 2. The van der Waals surface area contributed by atoms with Crippen molar-refractivity contribution in [1.29, 1.82) is 0 Å². The summed E-state index contributed by atoms with van der Waals surface area (Å²) in [6, 6.07) is 7.23. The van der Waals surface area contributed by atoms with Crippen LogP contribution in [0.1, 0.15) is 30.6 Å². The zero-order valence-corrected chi connectivity index (χ0v) is 17.6. The molecule has 3 N–H and O–H groups in total. The lowest BCUT2D eigenvalue weighted by Gasteiger charge is -2.20. The molecule has 164 valence electrons. The van der Waals surface area contributed by atoms with E-state index in [2.05, 4.69) is 5.32 Å². The molecule has 0 bridgehead atoms. The molecule has 0 saturated carbocycles. The second kappa shape index (κ2) is 14.4. The molecule has 0 radical (unpaired) electrons. The molecule has 8 nitrogen and oxygen atoms in total. The van der Waals surface area contributed by atoms with E-state index < -0.39 is 30.1 Å². The van der Waals surface area contributed by atoms with Crippen LogP contribution in [0.3, 0.4) is 0 Å². The van der Waals surface area contributed by atoms with Crippen molar-refractivity contribution in [3.05, 3.63) is 35.9 Å². The highest BCUT2D eigenvalue weighted by Crippen LogP contribution is 2.09. The Bertz CT molecular complexity index is 600. The first-order valence-corrected chi connectivity index (χ1v) is 10.6. The predicted molar refractivity (Wildman–Crippen MR) is 109 cm³/mol. The molecule has 0 spiro atoms. The van der Waals surface area contributed by atoms with Crippen molar-refractivity contribution in [2.24, 2.45) is 0 Å². The third-order valence-corrected chi connectivity index (χ3v) is 4.87. The maximum atomic E-state index is 12.1. The molecular weight excluding hydrogens is 398 g/mol. The summed E-state index contributed by atoms with van der Waals surface area (Å²) in [7, 11) is 0. The van der Waals surface area contributed by atoms with Gasteiger partial charge in [-0.2, -0.15) is 11.8 Å². The number of benzene rings is 1. The Hall–Kier alpha value is -1.65. The van der Waals surface area contributed by atoms with E-state index in [-0.39, 0.29) is 32.3 Å². The van der Waals surface area contributed by atoms with Crippen molar-refractivity contribution >= 4 is 23.6 Å². The van der Waals surface area contributed by atoms with Gasteiger partial charge >= 0.3 is 0 Å². The molecule has 1 amide bonds. The van der Waals surface area contributed by atoms with Crippen molar-refractivity contribution < 1.29 is 34.4 Å². The van der Waals surface area contributed by atoms with Crippen LogP contribution in [0, 0.1) is 0 Å². The van der Waals surface area contributed by atoms with Crippen molar-refractivity contribution in [3.63, 3.8) is 0 Å². The lowest BCUT2D eigenvalue weighted by Crippen LogP contribution is -2.48. The van der Waals surface area contributed by atoms with Crippen LogP contribution in [0.15, 0.2) is 30.3 Å². The lowest BCUT2D eigenvalue weighted by atomic mass is 10.1. The monoisotopic (exact) mass is 428 g/mol. The predicted octanol–water partition coefficient (Wildman–Crippen LogP) is -0.178. The highest BCUT2D eigenvalue weighted by molar-refractivity contribution is 7.99. The first-order chi connectivity index (χ1) is 13.8. The van der Waals surface area contributed by atoms with Gasteiger partial charge in [0.05, 0.1) is 44.0 Å². The van der Waals surface area contributed by atoms with E-state index in [1.54, 1.807) is 30.3 Å². The van der Waals surface area contributed by atoms with E-state index in [1.165, 1.54) is 11.8 Å². The Morgan fingerprint density at radius 1 is 1.10 bits per heavy atom. The second-order valence-corrected chi connectivity index (χ2v) is 7.95. The Labute approximate surface area is 175 Å². The number of amides is 1. The van der Waals surface area contributed by atoms with Gasteiger partial charge in [0.15, 0.2) is 0 Å². The van der Waals surface area contributed by atoms with Crippen LogP contribution in [-0.4, -0.2) is 77.8 Å². The van der Waals surface area contributed by atoms with Crippen LogP contribution in [-0.2, 0) is 14.3 Å². The first kappa shape index (κ1) is 25.4. The maximum Gasteiger partial charge on any atom is 0.251 e. The van der Waals surface area contributed by atoms with Gasteiger partial charge in [-0.05, 0) is 38.2 Å². The smallest absolute Gasteiger partial charge is 0.251 e. The Morgan fingerprint density at radius 3 is 2.38 bits per heavy atom. The van der Waals surface area contributed by atoms with Gasteiger partial charge in [0.2, 0.25) is 0 Å². The number of carbonyl (C=O) groups is 2.